The highest BCUT2D eigenvalue weighted by Gasteiger charge is 2.05. The van der Waals surface area contributed by atoms with Gasteiger partial charge in [0.05, 0.1) is 11.4 Å². The van der Waals surface area contributed by atoms with Gasteiger partial charge >= 0.3 is 6.09 Å². The van der Waals surface area contributed by atoms with Crippen LogP contribution in [0.15, 0.2) is 36.9 Å². The monoisotopic (exact) mass is 206 g/mol. The summed E-state index contributed by atoms with van der Waals surface area (Å²) in [6.07, 6.45) is -0.0762. The predicted octanol–water partition coefficient (Wildman–Crippen LogP) is 1.90. The fraction of sp³-hybridized carbons (Fsp3) is 0. The van der Waals surface area contributed by atoms with Crippen molar-refractivity contribution in [2.75, 3.05) is 10.6 Å². The molecule has 0 aliphatic heterocycles. The first kappa shape index (κ1) is 10.8. The summed E-state index contributed by atoms with van der Waals surface area (Å²) in [5, 5.41) is 13.2. The van der Waals surface area contributed by atoms with Gasteiger partial charge in [0.15, 0.2) is 0 Å². The molecule has 0 atom stereocenters. The zero-order chi connectivity index (χ0) is 11.3. The Bertz CT molecular complexity index is 401. The van der Waals surface area contributed by atoms with E-state index in [1.165, 1.54) is 0 Å². The van der Waals surface area contributed by atoms with Crippen molar-refractivity contribution < 1.29 is 14.7 Å². The summed E-state index contributed by atoms with van der Waals surface area (Å²) in [5.41, 5.74) is 0.713. The van der Waals surface area contributed by atoms with Gasteiger partial charge in [0.25, 0.3) is 0 Å². The number of hydrogen-bond acceptors (Lipinski definition) is 2. The lowest BCUT2D eigenvalue weighted by molar-refractivity contribution is -0.111. The second-order valence-electron chi connectivity index (χ2n) is 2.67. The van der Waals surface area contributed by atoms with Crippen LogP contribution in [0.5, 0.6) is 0 Å². The lowest BCUT2D eigenvalue weighted by atomic mass is 10.2. The lowest BCUT2D eigenvalue weighted by Crippen LogP contribution is -2.13. The van der Waals surface area contributed by atoms with E-state index in [9.17, 15) is 9.59 Å². The minimum atomic E-state index is -1.18. The summed E-state index contributed by atoms with van der Waals surface area (Å²) in [5.74, 6) is -0.394. The molecular formula is C10H10N2O3. The maximum atomic E-state index is 11.0. The van der Waals surface area contributed by atoms with E-state index in [-0.39, 0.29) is 0 Å². The Morgan fingerprint density at radius 1 is 1.20 bits per heavy atom. The summed E-state index contributed by atoms with van der Waals surface area (Å²) >= 11 is 0. The molecule has 3 N–H and O–H groups in total. The first-order valence-corrected chi connectivity index (χ1v) is 4.16. The Hall–Kier alpha value is -2.30. The van der Waals surface area contributed by atoms with Crippen LogP contribution < -0.4 is 10.6 Å². The van der Waals surface area contributed by atoms with Gasteiger partial charge in [-0.15, -0.1) is 0 Å². The van der Waals surface area contributed by atoms with Gasteiger partial charge in [-0.25, -0.2) is 4.79 Å². The molecule has 0 saturated carbocycles. The van der Waals surface area contributed by atoms with Crippen LogP contribution in [0.25, 0.3) is 0 Å². The van der Waals surface area contributed by atoms with Crippen LogP contribution in [0.3, 0.4) is 0 Å². The van der Waals surface area contributed by atoms with E-state index < -0.39 is 12.0 Å². The van der Waals surface area contributed by atoms with Gasteiger partial charge in [-0.2, -0.15) is 0 Å². The van der Waals surface area contributed by atoms with Crippen molar-refractivity contribution in [1.82, 2.24) is 0 Å². The summed E-state index contributed by atoms with van der Waals surface area (Å²) in [7, 11) is 0. The highest BCUT2D eigenvalue weighted by Crippen LogP contribution is 2.20. The third kappa shape index (κ3) is 3.15. The Morgan fingerprint density at radius 3 is 2.20 bits per heavy atom. The normalized spacial score (nSPS) is 9.07. The maximum absolute atomic E-state index is 11.0. The number of carboxylic acid groups (broad SMARTS) is 1. The fourth-order valence-corrected chi connectivity index (χ4v) is 1.00. The molecule has 1 aromatic carbocycles. The number of hydrogen-bond donors (Lipinski definition) is 3. The predicted molar refractivity (Wildman–Crippen MR) is 56.9 cm³/mol. The van der Waals surface area contributed by atoms with E-state index in [0.717, 1.165) is 6.08 Å². The van der Waals surface area contributed by atoms with E-state index in [0.29, 0.717) is 11.4 Å². The van der Waals surface area contributed by atoms with Crippen LogP contribution in [0, 0.1) is 0 Å². The smallest absolute Gasteiger partial charge is 0.409 e. The molecule has 5 nitrogen and oxygen atoms in total. The molecule has 78 valence electrons. The first-order chi connectivity index (χ1) is 7.13. The summed E-state index contributed by atoms with van der Waals surface area (Å²) in [6, 6.07) is 6.49. The van der Waals surface area contributed by atoms with Gasteiger partial charge in [0.1, 0.15) is 0 Å². The molecular weight excluding hydrogens is 196 g/mol. The Labute approximate surface area is 86.4 Å². The minimum Gasteiger partial charge on any atom is -0.465 e. The second-order valence-corrected chi connectivity index (χ2v) is 2.67. The van der Waals surface area contributed by atoms with Gasteiger partial charge in [0.2, 0.25) is 5.91 Å². The largest absolute Gasteiger partial charge is 0.465 e. The molecule has 5 heteroatoms. The third-order valence-corrected chi connectivity index (χ3v) is 1.61. The molecule has 0 unspecified atom stereocenters. The topological polar surface area (TPSA) is 78.4 Å². The highest BCUT2D eigenvalue weighted by molar-refractivity contribution is 6.02. The molecule has 15 heavy (non-hydrogen) atoms. The van der Waals surface area contributed by atoms with E-state index >= 15 is 0 Å². The maximum Gasteiger partial charge on any atom is 0.409 e. The molecule has 1 rings (SSSR count). The lowest BCUT2D eigenvalue weighted by Gasteiger charge is -2.08. The molecule has 0 fully saturated rings. The van der Waals surface area contributed by atoms with Gasteiger partial charge < -0.3 is 10.4 Å². The SMILES string of the molecule is C=CC(=O)Nc1ccccc1NC(=O)O. The average molecular weight is 206 g/mol. The van der Waals surface area contributed by atoms with Crippen molar-refractivity contribution in [2.24, 2.45) is 0 Å². The molecule has 0 heterocycles. The molecule has 1 aromatic rings. The van der Waals surface area contributed by atoms with Crippen LogP contribution in [0.2, 0.25) is 0 Å². The van der Waals surface area contributed by atoms with Crippen LogP contribution in [-0.2, 0) is 4.79 Å². The van der Waals surface area contributed by atoms with Crippen molar-refractivity contribution in [2.45, 2.75) is 0 Å². The van der Waals surface area contributed by atoms with Gasteiger partial charge in [0, 0.05) is 0 Å². The zero-order valence-corrected chi connectivity index (χ0v) is 7.86. The van der Waals surface area contributed by atoms with Crippen LogP contribution in [0.1, 0.15) is 0 Å². The molecule has 2 amide bonds. The number of carbonyl (C=O) groups excluding carboxylic acids is 1. The van der Waals surface area contributed by atoms with Crippen LogP contribution in [-0.4, -0.2) is 17.1 Å². The van der Waals surface area contributed by atoms with Gasteiger partial charge in [-0.1, -0.05) is 18.7 Å². The van der Waals surface area contributed by atoms with E-state index in [4.69, 9.17) is 5.11 Å². The van der Waals surface area contributed by atoms with E-state index in [1.807, 2.05) is 0 Å². The number of para-hydroxylation sites is 2. The number of benzene rings is 1. The summed E-state index contributed by atoms with van der Waals surface area (Å²) < 4.78 is 0. The second kappa shape index (κ2) is 4.80. The Balaban J connectivity index is 2.90. The molecule has 0 aliphatic carbocycles. The van der Waals surface area contributed by atoms with Crippen molar-refractivity contribution >= 4 is 23.4 Å². The van der Waals surface area contributed by atoms with E-state index in [2.05, 4.69) is 17.2 Å². The average Bonchev–Trinajstić information content (AvgIpc) is 2.20. The Kier molecular flexibility index (Phi) is 3.45. The van der Waals surface area contributed by atoms with Crippen LogP contribution in [0.4, 0.5) is 16.2 Å². The van der Waals surface area contributed by atoms with E-state index in [1.54, 1.807) is 24.3 Å². The first-order valence-electron chi connectivity index (χ1n) is 4.16. The van der Waals surface area contributed by atoms with Crippen LogP contribution >= 0.6 is 0 Å². The molecule has 0 saturated heterocycles. The number of nitrogens with one attached hydrogen (secondary N) is 2. The third-order valence-electron chi connectivity index (χ3n) is 1.61. The molecule has 0 radical (unpaired) electrons. The molecule has 0 aliphatic rings. The summed E-state index contributed by atoms with van der Waals surface area (Å²) in [4.78, 5) is 21.4. The van der Waals surface area contributed by atoms with Crippen molar-refractivity contribution in [3.05, 3.63) is 36.9 Å². The Morgan fingerprint density at radius 2 is 1.73 bits per heavy atom. The number of amides is 2. The van der Waals surface area contributed by atoms with Crippen molar-refractivity contribution in [3.63, 3.8) is 0 Å². The number of carbonyl (C=O) groups is 2. The van der Waals surface area contributed by atoms with Gasteiger partial charge in [-0.3, -0.25) is 10.1 Å². The van der Waals surface area contributed by atoms with Crippen molar-refractivity contribution in [3.8, 4) is 0 Å². The van der Waals surface area contributed by atoms with Crippen molar-refractivity contribution in [1.29, 1.82) is 0 Å². The summed E-state index contributed by atoms with van der Waals surface area (Å²) in [6.45, 7) is 3.30. The zero-order valence-electron chi connectivity index (χ0n) is 7.86. The highest BCUT2D eigenvalue weighted by atomic mass is 16.4. The molecule has 0 aromatic heterocycles. The molecule has 0 spiro atoms. The molecule has 0 bridgehead atoms. The quantitative estimate of drug-likeness (QED) is 0.661. The minimum absolute atomic E-state index is 0.320. The number of rotatable bonds is 3. The van der Waals surface area contributed by atoms with Gasteiger partial charge in [-0.05, 0) is 18.2 Å². The number of anilines is 2. The standard InChI is InChI=1S/C10H10N2O3/c1-2-9(13)11-7-5-3-4-6-8(7)12-10(14)15/h2-6,12H,1H2,(H,11,13)(H,14,15). The fourth-order valence-electron chi connectivity index (χ4n) is 1.00.